The summed E-state index contributed by atoms with van der Waals surface area (Å²) < 4.78 is 43.2. The molecule has 4 heterocycles. The molecule has 0 amide bonds. The summed E-state index contributed by atoms with van der Waals surface area (Å²) in [6, 6.07) is 7.87. The minimum absolute atomic E-state index is 0.0463. The zero-order chi connectivity index (χ0) is 25.2. The molecule has 3 aliphatic rings. The van der Waals surface area contributed by atoms with Gasteiger partial charge in [-0.15, -0.1) is 0 Å². The molecule has 2 fully saturated rings. The molecule has 6 rings (SSSR count). The van der Waals surface area contributed by atoms with E-state index in [9.17, 15) is 23.2 Å². The molecular weight excluding hydrogens is 467 g/mol. The Morgan fingerprint density at radius 3 is 2.58 bits per heavy atom. The molecule has 184 valence electrons. The number of Topliss-reactive ketones (excluding diaryl/α,β-unsaturated/α-hetero) is 1. The number of ketones is 1. The number of hydrogen-bond donors (Lipinski definition) is 0. The van der Waals surface area contributed by atoms with E-state index in [-0.39, 0.29) is 30.0 Å². The lowest BCUT2D eigenvalue weighted by atomic mass is 9.81. The lowest BCUT2D eigenvalue weighted by Crippen LogP contribution is -2.48. The van der Waals surface area contributed by atoms with Gasteiger partial charge in [0, 0.05) is 36.0 Å². The first-order valence-corrected chi connectivity index (χ1v) is 12.2. The Bertz CT molecular complexity index is 1400. The second kappa shape index (κ2) is 8.27. The molecule has 1 aromatic carbocycles. The number of aryl methyl sites for hydroxylation is 1. The number of carbonyl (C=O) groups is 1. The molecule has 2 atom stereocenters. The molecule has 36 heavy (non-hydrogen) atoms. The standard InChI is InChI=1S/C27H24F3N5O/c1-34-26(16-9-19(28)24(30)20(29)10-16)18-11-17-3-2-4-21(25(18)33-34)35(17)13-22(36)15-5-6-23(32-12-15)27(14-31)7-8-27/h5-6,9-10,12,17,21H,2-4,7-8,11,13H2,1H3. The minimum atomic E-state index is -1.49. The molecule has 6 nitrogen and oxygen atoms in total. The second-order valence-electron chi connectivity index (χ2n) is 10.1. The Morgan fingerprint density at radius 1 is 1.19 bits per heavy atom. The van der Waals surface area contributed by atoms with E-state index in [0.717, 1.165) is 61.2 Å². The number of pyridine rings is 1. The molecule has 2 aromatic heterocycles. The van der Waals surface area contributed by atoms with E-state index < -0.39 is 22.9 Å². The quantitative estimate of drug-likeness (QED) is 0.379. The highest BCUT2D eigenvalue weighted by Gasteiger charge is 2.46. The number of benzene rings is 1. The van der Waals surface area contributed by atoms with Crippen molar-refractivity contribution in [3.05, 3.63) is 70.4 Å². The summed E-state index contributed by atoms with van der Waals surface area (Å²) >= 11 is 0. The van der Waals surface area contributed by atoms with Crippen LogP contribution in [0.25, 0.3) is 11.3 Å². The zero-order valence-corrected chi connectivity index (χ0v) is 19.8. The Labute approximate surface area is 206 Å². The summed E-state index contributed by atoms with van der Waals surface area (Å²) in [5.41, 5.74) is 3.28. The number of hydrogen-bond acceptors (Lipinski definition) is 5. The van der Waals surface area contributed by atoms with Gasteiger partial charge in [0.15, 0.2) is 23.2 Å². The summed E-state index contributed by atoms with van der Waals surface area (Å²) in [7, 11) is 1.72. The monoisotopic (exact) mass is 491 g/mol. The van der Waals surface area contributed by atoms with Crippen LogP contribution in [0, 0.1) is 28.8 Å². The van der Waals surface area contributed by atoms with Crippen molar-refractivity contribution in [3.63, 3.8) is 0 Å². The lowest BCUT2D eigenvalue weighted by Gasteiger charge is -2.45. The molecule has 1 aliphatic carbocycles. The van der Waals surface area contributed by atoms with Gasteiger partial charge < -0.3 is 0 Å². The summed E-state index contributed by atoms with van der Waals surface area (Å²) in [4.78, 5) is 19.8. The third-order valence-electron chi connectivity index (χ3n) is 7.94. The van der Waals surface area contributed by atoms with Crippen molar-refractivity contribution < 1.29 is 18.0 Å². The smallest absolute Gasteiger partial charge is 0.194 e. The van der Waals surface area contributed by atoms with Crippen LogP contribution in [0.15, 0.2) is 30.5 Å². The van der Waals surface area contributed by atoms with Crippen LogP contribution in [0.5, 0.6) is 0 Å². The predicted octanol–water partition coefficient (Wildman–Crippen LogP) is 4.79. The topological polar surface area (TPSA) is 74.8 Å². The van der Waals surface area contributed by atoms with E-state index >= 15 is 0 Å². The van der Waals surface area contributed by atoms with Crippen LogP contribution in [0.1, 0.15) is 65.5 Å². The van der Waals surface area contributed by atoms with Crippen LogP contribution < -0.4 is 0 Å². The third-order valence-corrected chi connectivity index (χ3v) is 7.94. The van der Waals surface area contributed by atoms with Gasteiger partial charge in [0.25, 0.3) is 0 Å². The molecule has 3 aromatic rings. The second-order valence-corrected chi connectivity index (χ2v) is 10.1. The number of fused-ring (bicyclic) bond motifs is 4. The fourth-order valence-electron chi connectivity index (χ4n) is 5.88. The van der Waals surface area contributed by atoms with Crippen LogP contribution in [0.3, 0.4) is 0 Å². The van der Waals surface area contributed by atoms with Crippen LogP contribution in [0.2, 0.25) is 0 Å². The molecule has 1 saturated heterocycles. The number of piperidine rings is 1. The van der Waals surface area contributed by atoms with Gasteiger partial charge in [-0.1, -0.05) is 0 Å². The number of rotatable bonds is 5. The molecule has 9 heteroatoms. The number of nitriles is 1. The molecular formula is C27H24F3N5O. The number of nitrogens with zero attached hydrogens (tertiary/aromatic N) is 5. The Kier molecular flexibility index (Phi) is 5.27. The number of carbonyl (C=O) groups excluding carboxylic acids is 1. The van der Waals surface area contributed by atoms with Gasteiger partial charge in [0.05, 0.1) is 41.2 Å². The first-order chi connectivity index (χ1) is 17.3. The van der Waals surface area contributed by atoms with Gasteiger partial charge in [-0.3, -0.25) is 19.4 Å². The van der Waals surface area contributed by atoms with Crippen molar-refractivity contribution in [2.75, 3.05) is 6.54 Å². The molecule has 2 aliphatic heterocycles. The SMILES string of the molecule is Cn1nc2c(c1-c1cc(F)c(F)c(F)c1)CC1CCCC2N1CC(=O)c1ccc(C2(C#N)CC2)nc1. The maximum Gasteiger partial charge on any atom is 0.194 e. The average molecular weight is 492 g/mol. The first kappa shape index (κ1) is 22.9. The van der Waals surface area contributed by atoms with Gasteiger partial charge in [-0.25, -0.2) is 13.2 Å². The summed E-state index contributed by atoms with van der Waals surface area (Å²) in [6.45, 7) is 0.213. The molecule has 2 bridgehead atoms. The maximum atomic E-state index is 14.0. The van der Waals surface area contributed by atoms with Gasteiger partial charge >= 0.3 is 0 Å². The largest absolute Gasteiger partial charge is 0.293 e. The van der Waals surface area contributed by atoms with Gasteiger partial charge in [0.2, 0.25) is 0 Å². The van der Waals surface area contributed by atoms with Crippen LogP contribution in [-0.2, 0) is 18.9 Å². The van der Waals surface area contributed by atoms with Crippen molar-refractivity contribution in [1.82, 2.24) is 19.7 Å². The number of aromatic nitrogens is 3. The summed E-state index contributed by atoms with van der Waals surface area (Å²) in [5, 5.41) is 14.1. The zero-order valence-electron chi connectivity index (χ0n) is 19.8. The molecule has 0 radical (unpaired) electrons. The van der Waals surface area contributed by atoms with Crippen LogP contribution in [-0.4, -0.2) is 38.0 Å². The van der Waals surface area contributed by atoms with Crippen molar-refractivity contribution in [2.24, 2.45) is 7.05 Å². The van der Waals surface area contributed by atoms with E-state index in [4.69, 9.17) is 5.10 Å². The minimum Gasteiger partial charge on any atom is -0.293 e. The summed E-state index contributed by atoms with van der Waals surface area (Å²) in [6.07, 6.45) is 6.46. The lowest BCUT2D eigenvalue weighted by molar-refractivity contribution is 0.0562. The summed E-state index contributed by atoms with van der Waals surface area (Å²) in [5.74, 6) is -4.00. The fraction of sp³-hybridized carbons (Fsp3) is 0.407. The Balaban J connectivity index is 1.29. The highest BCUT2D eigenvalue weighted by Crippen LogP contribution is 2.47. The molecule has 0 spiro atoms. The molecule has 1 saturated carbocycles. The number of halogens is 3. The molecule has 2 unspecified atom stereocenters. The maximum absolute atomic E-state index is 14.0. The molecule has 0 N–H and O–H groups in total. The predicted molar refractivity (Wildman–Crippen MR) is 124 cm³/mol. The van der Waals surface area contributed by atoms with Crippen molar-refractivity contribution in [2.45, 2.75) is 56.0 Å². The average Bonchev–Trinajstić information content (AvgIpc) is 3.60. The Morgan fingerprint density at radius 2 is 1.94 bits per heavy atom. The van der Waals surface area contributed by atoms with Crippen LogP contribution >= 0.6 is 0 Å². The van der Waals surface area contributed by atoms with Crippen molar-refractivity contribution in [3.8, 4) is 17.3 Å². The Hall–Kier alpha value is -3.51. The third kappa shape index (κ3) is 3.54. The fourth-order valence-corrected chi connectivity index (χ4v) is 5.88. The first-order valence-electron chi connectivity index (χ1n) is 12.2. The van der Waals surface area contributed by atoms with E-state index in [0.29, 0.717) is 17.7 Å². The normalized spacial score (nSPS) is 22.1. The van der Waals surface area contributed by atoms with Gasteiger partial charge in [-0.2, -0.15) is 10.4 Å². The van der Waals surface area contributed by atoms with E-state index in [1.807, 2.05) is 0 Å². The van der Waals surface area contributed by atoms with E-state index in [2.05, 4.69) is 16.0 Å². The highest BCUT2D eigenvalue weighted by molar-refractivity contribution is 5.97. The van der Waals surface area contributed by atoms with Gasteiger partial charge in [0.1, 0.15) is 0 Å². The van der Waals surface area contributed by atoms with Crippen LogP contribution in [0.4, 0.5) is 13.2 Å². The van der Waals surface area contributed by atoms with Gasteiger partial charge in [-0.05, 0) is 62.8 Å². The van der Waals surface area contributed by atoms with Crippen molar-refractivity contribution in [1.29, 1.82) is 5.26 Å². The van der Waals surface area contributed by atoms with Crippen molar-refractivity contribution >= 4 is 5.78 Å². The highest BCUT2D eigenvalue weighted by atomic mass is 19.2. The van der Waals surface area contributed by atoms with E-state index in [1.54, 1.807) is 30.1 Å². The van der Waals surface area contributed by atoms with E-state index in [1.165, 1.54) is 0 Å².